The lowest BCUT2D eigenvalue weighted by Gasteiger charge is -2.35. The lowest BCUT2D eigenvalue weighted by atomic mass is 9.89. The fraction of sp³-hybridized carbons (Fsp3) is 0.615. The minimum absolute atomic E-state index is 0.279. The first-order valence-corrected chi connectivity index (χ1v) is 13.6. The quantitative estimate of drug-likeness (QED) is 0.377. The number of aliphatic carboxylic acids is 2. The number of aromatic nitrogens is 4. The highest BCUT2D eigenvalue weighted by molar-refractivity contribution is 5.73. The van der Waals surface area contributed by atoms with Gasteiger partial charge in [-0.1, -0.05) is 25.3 Å². The van der Waals surface area contributed by atoms with Gasteiger partial charge in [-0.2, -0.15) is 31.4 Å². The number of alkyl halides is 6. The van der Waals surface area contributed by atoms with Crippen LogP contribution < -0.4 is 11.1 Å². The average molecular weight is 640 g/mol. The van der Waals surface area contributed by atoms with Crippen molar-refractivity contribution in [2.75, 3.05) is 13.1 Å². The fourth-order valence-corrected chi connectivity index (χ4v) is 5.20. The van der Waals surface area contributed by atoms with Gasteiger partial charge in [-0.25, -0.2) is 14.3 Å². The van der Waals surface area contributed by atoms with Crippen molar-refractivity contribution in [3.05, 3.63) is 56.6 Å². The van der Waals surface area contributed by atoms with Crippen molar-refractivity contribution < 1.29 is 50.9 Å². The van der Waals surface area contributed by atoms with Crippen LogP contribution in [0.15, 0.2) is 34.1 Å². The Bertz CT molecular complexity index is 1380. The number of hydrogen-bond donors (Lipinski definition) is 2. The highest BCUT2D eigenvalue weighted by atomic mass is 19.4. The van der Waals surface area contributed by atoms with E-state index in [0.29, 0.717) is 24.8 Å². The zero-order chi connectivity index (χ0) is 32.7. The summed E-state index contributed by atoms with van der Waals surface area (Å²) in [5.74, 6) is -4.50. The number of fused-ring (bicyclic) bond motifs is 1. The van der Waals surface area contributed by atoms with Crippen molar-refractivity contribution in [3.63, 3.8) is 0 Å². The van der Waals surface area contributed by atoms with Crippen molar-refractivity contribution in [2.45, 2.75) is 82.7 Å². The van der Waals surface area contributed by atoms with Gasteiger partial charge in [0.25, 0.3) is 0 Å². The number of hydrogen-bond acceptors (Lipinski definition) is 8. The molecule has 1 spiro atoms. The van der Waals surface area contributed by atoms with Gasteiger partial charge < -0.3 is 14.9 Å². The van der Waals surface area contributed by atoms with Crippen molar-refractivity contribution in [3.8, 4) is 0 Å². The topological polar surface area (TPSA) is 157 Å². The number of rotatable bonds is 4. The van der Waals surface area contributed by atoms with Gasteiger partial charge in [-0.15, -0.1) is 0 Å². The predicted octanol–water partition coefficient (Wildman–Crippen LogP) is 2.82. The molecule has 18 heteroatoms. The van der Waals surface area contributed by atoms with Gasteiger partial charge in [0.05, 0.1) is 6.54 Å². The SMILES string of the molecule is O=C(O)C(F)(F)F.O=C(O)C(F)(F)F.O=c1c(=O)n2c(nn1CC1CCCCC1)COC1(CCN(Cc3cccnc3)C1)C2. The number of pyridine rings is 1. The number of carbonyl (C=O) groups is 2. The molecule has 44 heavy (non-hydrogen) atoms. The van der Waals surface area contributed by atoms with Gasteiger partial charge in [0, 0.05) is 38.6 Å². The molecule has 4 heterocycles. The molecule has 12 nitrogen and oxygen atoms in total. The first kappa shape index (κ1) is 34.7. The zero-order valence-corrected chi connectivity index (χ0v) is 23.3. The summed E-state index contributed by atoms with van der Waals surface area (Å²) < 4.78 is 72.7. The Morgan fingerprint density at radius 1 is 0.977 bits per heavy atom. The lowest BCUT2D eigenvalue weighted by molar-refractivity contribution is -0.193. The van der Waals surface area contributed by atoms with Crippen molar-refractivity contribution in [1.82, 2.24) is 24.2 Å². The van der Waals surface area contributed by atoms with Gasteiger partial charge in [0.2, 0.25) is 0 Å². The summed E-state index contributed by atoms with van der Waals surface area (Å²) in [6, 6.07) is 4.01. The Labute approximate surface area is 245 Å². The molecule has 1 atom stereocenters. The Morgan fingerprint density at radius 3 is 2.14 bits per heavy atom. The maximum atomic E-state index is 12.9. The van der Waals surface area contributed by atoms with Crippen LogP contribution in [-0.4, -0.2) is 77.4 Å². The number of likely N-dealkylation sites (tertiary alicyclic amines) is 1. The number of carboxylic acids is 2. The molecule has 2 N–H and O–H groups in total. The maximum Gasteiger partial charge on any atom is 0.490 e. The third-order valence-corrected chi connectivity index (χ3v) is 7.33. The van der Waals surface area contributed by atoms with E-state index in [1.165, 1.54) is 23.9 Å². The smallest absolute Gasteiger partial charge is 0.475 e. The van der Waals surface area contributed by atoms with Crippen LogP contribution in [-0.2, 0) is 40.6 Å². The number of nitrogens with zero attached hydrogens (tertiary/aromatic N) is 5. The van der Waals surface area contributed by atoms with Crippen molar-refractivity contribution in [1.29, 1.82) is 0 Å². The fourth-order valence-electron chi connectivity index (χ4n) is 5.20. The molecule has 1 saturated heterocycles. The molecule has 5 rings (SSSR count). The molecule has 244 valence electrons. The van der Waals surface area contributed by atoms with Crippen LogP contribution in [0.5, 0.6) is 0 Å². The van der Waals surface area contributed by atoms with Gasteiger partial charge in [-0.05, 0) is 36.8 Å². The third-order valence-electron chi connectivity index (χ3n) is 7.33. The predicted molar refractivity (Wildman–Crippen MR) is 138 cm³/mol. The number of carboxylic acid groups (broad SMARTS) is 2. The third kappa shape index (κ3) is 9.60. The first-order valence-electron chi connectivity index (χ1n) is 13.6. The van der Waals surface area contributed by atoms with E-state index in [4.69, 9.17) is 24.5 Å². The summed E-state index contributed by atoms with van der Waals surface area (Å²) in [6.45, 7) is 3.66. The molecule has 2 aromatic rings. The summed E-state index contributed by atoms with van der Waals surface area (Å²) in [5.41, 5.74) is -0.214. The van der Waals surface area contributed by atoms with E-state index in [1.54, 1.807) is 10.8 Å². The molecule has 1 saturated carbocycles. The molecule has 0 radical (unpaired) electrons. The van der Waals surface area contributed by atoms with Crippen LogP contribution in [0.3, 0.4) is 0 Å². The summed E-state index contributed by atoms with van der Waals surface area (Å²) in [4.78, 5) is 49.9. The van der Waals surface area contributed by atoms with Crippen LogP contribution in [0.1, 0.15) is 49.9 Å². The second-order valence-electron chi connectivity index (χ2n) is 10.7. The normalized spacial score (nSPS) is 20.6. The number of ether oxygens (including phenoxy) is 1. The standard InChI is InChI=1S/C22H29N5O3.2C2HF3O2/c28-20-21(29)27(13-17-5-2-1-3-6-17)24-19-14-30-22(16-26(19)20)8-10-25(15-22)12-18-7-4-9-23-11-18;2*3-2(4,5)1(6)7/h4,7,9,11,17H,1-3,5-6,8,10,12-16H2;2*(H,6,7). The van der Waals surface area contributed by atoms with Gasteiger partial charge in [-0.3, -0.25) is 24.0 Å². The Balaban J connectivity index is 0.000000317. The van der Waals surface area contributed by atoms with Crippen LogP contribution in [0.25, 0.3) is 0 Å². The molecule has 0 aromatic carbocycles. The molecule has 3 aliphatic rings. The molecule has 1 unspecified atom stereocenters. The molecule has 1 aliphatic carbocycles. The van der Waals surface area contributed by atoms with Crippen molar-refractivity contribution in [2.24, 2.45) is 5.92 Å². The highest BCUT2D eigenvalue weighted by Crippen LogP contribution is 2.32. The summed E-state index contributed by atoms with van der Waals surface area (Å²) >= 11 is 0. The van der Waals surface area contributed by atoms with Gasteiger partial charge >= 0.3 is 35.4 Å². The van der Waals surface area contributed by atoms with Crippen LogP contribution in [0.2, 0.25) is 0 Å². The van der Waals surface area contributed by atoms with Crippen LogP contribution in [0, 0.1) is 5.92 Å². The Kier molecular flexibility index (Phi) is 11.3. The van der Waals surface area contributed by atoms with E-state index in [2.05, 4.69) is 21.0 Å². The zero-order valence-electron chi connectivity index (χ0n) is 23.3. The Hall–Kier alpha value is -3.80. The molecular weight excluding hydrogens is 608 g/mol. The second-order valence-corrected chi connectivity index (χ2v) is 10.7. The van der Waals surface area contributed by atoms with E-state index in [9.17, 15) is 35.9 Å². The molecule has 2 aromatic heterocycles. The van der Waals surface area contributed by atoms with E-state index in [0.717, 1.165) is 44.5 Å². The van der Waals surface area contributed by atoms with E-state index >= 15 is 0 Å². The Morgan fingerprint density at radius 2 is 1.59 bits per heavy atom. The van der Waals surface area contributed by atoms with Crippen LogP contribution >= 0.6 is 0 Å². The first-order chi connectivity index (χ1) is 20.5. The molecule has 2 aliphatic heterocycles. The average Bonchev–Trinajstić information content (AvgIpc) is 3.34. The molecular formula is C26H31F6N5O7. The van der Waals surface area contributed by atoms with Crippen molar-refractivity contribution >= 4 is 11.9 Å². The summed E-state index contributed by atoms with van der Waals surface area (Å²) in [6.07, 6.45) is 0.207. The second kappa shape index (κ2) is 14.3. The maximum absolute atomic E-state index is 12.9. The minimum Gasteiger partial charge on any atom is -0.475 e. The number of halogens is 6. The van der Waals surface area contributed by atoms with E-state index < -0.39 is 41.0 Å². The highest BCUT2D eigenvalue weighted by Gasteiger charge is 2.43. The van der Waals surface area contributed by atoms with Crippen LogP contribution in [0.4, 0.5) is 26.3 Å². The summed E-state index contributed by atoms with van der Waals surface area (Å²) in [5, 5.41) is 18.8. The molecule has 0 amide bonds. The van der Waals surface area contributed by atoms with Gasteiger partial charge in [0.15, 0.2) is 5.82 Å². The van der Waals surface area contributed by atoms with E-state index in [-0.39, 0.29) is 6.61 Å². The molecule has 0 bridgehead atoms. The summed E-state index contributed by atoms with van der Waals surface area (Å²) in [7, 11) is 0. The lowest BCUT2D eigenvalue weighted by Crippen LogP contribution is -2.53. The monoisotopic (exact) mass is 639 g/mol. The molecule has 2 fully saturated rings. The largest absolute Gasteiger partial charge is 0.490 e. The van der Waals surface area contributed by atoms with E-state index in [1.807, 2.05) is 12.3 Å². The van der Waals surface area contributed by atoms with Gasteiger partial charge in [0.1, 0.15) is 12.2 Å². The minimum atomic E-state index is -5.08.